The van der Waals surface area contributed by atoms with Crippen molar-refractivity contribution in [3.8, 4) is 16.4 Å². The molecule has 34 heavy (non-hydrogen) atoms. The van der Waals surface area contributed by atoms with Crippen LogP contribution in [0.15, 0.2) is 78.2 Å². The Morgan fingerprint density at radius 2 is 1.71 bits per heavy atom. The van der Waals surface area contributed by atoms with Crippen LogP contribution in [-0.4, -0.2) is 35.7 Å². The van der Waals surface area contributed by atoms with Gasteiger partial charge in [-0.1, -0.05) is 42.5 Å². The van der Waals surface area contributed by atoms with E-state index in [4.69, 9.17) is 10.5 Å². The zero-order valence-corrected chi connectivity index (χ0v) is 18.5. The summed E-state index contributed by atoms with van der Waals surface area (Å²) in [7, 11) is 0. The fraction of sp³-hybridized carbons (Fsp3) is 0.0435. The van der Waals surface area contributed by atoms with Crippen molar-refractivity contribution in [2.45, 2.75) is 6.61 Å². The maximum Gasteiger partial charge on any atom is 0.378 e. The van der Waals surface area contributed by atoms with E-state index < -0.39 is 5.97 Å². The number of thiophene rings is 1. The number of ether oxygens (including phenoxy) is 1. The highest BCUT2D eigenvalue weighted by Gasteiger charge is 2.21. The molecular formula is C23H18N8O2S. The zero-order valence-electron chi connectivity index (χ0n) is 17.7. The molecule has 0 saturated carbocycles. The van der Waals surface area contributed by atoms with Gasteiger partial charge in [-0.15, -0.1) is 16.4 Å². The first-order valence-corrected chi connectivity index (χ1v) is 11.1. The Kier molecular flexibility index (Phi) is 5.91. The van der Waals surface area contributed by atoms with Crippen LogP contribution >= 0.6 is 11.3 Å². The third kappa shape index (κ3) is 4.74. The molecule has 5 rings (SSSR count). The largest absolute Gasteiger partial charge is 0.452 e. The number of hydrogen-bond acceptors (Lipinski definition) is 10. The van der Waals surface area contributed by atoms with E-state index in [2.05, 4.69) is 30.4 Å². The van der Waals surface area contributed by atoms with Crippen molar-refractivity contribution in [1.29, 1.82) is 0 Å². The topological polar surface area (TPSA) is 134 Å². The maximum absolute atomic E-state index is 12.8. The van der Waals surface area contributed by atoms with E-state index in [0.717, 1.165) is 16.3 Å². The van der Waals surface area contributed by atoms with E-state index in [1.54, 1.807) is 4.68 Å². The molecule has 0 aliphatic heterocycles. The van der Waals surface area contributed by atoms with Crippen LogP contribution in [0.3, 0.4) is 0 Å². The van der Waals surface area contributed by atoms with Gasteiger partial charge in [-0.2, -0.15) is 19.9 Å². The number of carbonyl (C=O) groups excluding carboxylic acids is 1. The molecule has 3 heterocycles. The fourth-order valence-corrected chi connectivity index (χ4v) is 3.82. The molecule has 0 aliphatic rings. The van der Waals surface area contributed by atoms with Crippen LogP contribution in [0.4, 0.5) is 17.6 Å². The molecule has 0 fully saturated rings. The summed E-state index contributed by atoms with van der Waals surface area (Å²) in [6.07, 6.45) is 0. The number of rotatable bonds is 7. The van der Waals surface area contributed by atoms with Crippen molar-refractivity contribution in [2.24, 2.45) is 0 Å². The van der Waals surface area contributed by atoms with Gasteiger partial charge in [-0.3, -0.25) is 0 Å². The summed E-state index contributed by atoms with van der Waals surface area (Å²) in [5, 5.41) is 9.36. The van der Waals surface area contributed by atoms with Crippen LogP contribution in [0.5, 0.6) is 0 Å². The maximum atomic E-state index is 12.8. The molecule has 0 spiro atoms. The third-order valence-corrected chi connectivity index (χ3v) is 5.46. The van der Waals surface area contributed by atoms with E-state index in [0.29, 0.717) is 5.82 Å². The number of esters is 1. The molecule has 0 bridgehead atoms. The highest BCUT2D eigenvalue weighted by atomic mass is 32.1. The SMILES string of the molecule is Nc1nc(COC(=O)c2nc(-c3cccs3)n(-c3ccccc3)n2)nc(Nc2ccccc2)n1. The normalized spacial score (nSPS) is 10.7. The lowest BCUT2D eigenvalue weighted by Gasteiger charge is -2.07. The van der Waals surface area contributed by atoms with Crippen molar-refractivity contribution >= 4 is 34.9 Å². The summed E-state index contributed by atoms with van der Waals surface area (Å²) in [5.74, 6) is 0.218. The first-order chi connectivity index (χ1) is 16.7. The third-order valence-electron chi connectivity index (χ3n) is 4.59. The van der Waals surface area contributed by atoms with Crippen molar-refractivity contribution in [3.05, 3.63) is 89.8 Å². The average molecular weight is 471 g/mol. The molecule has 0 radical (unpaired) electrons. The first-order valence-electron chi connectivity index (χ1n) is 10.2. The number of aromatic nitrogens is 6. The standard InChI is InChI=1S/C23H18N8O2S/c24-22-26-18(27-23(29-22)25-15-8-3-1-4-9-15)14-33-21(32)19-28-20(17-12-7-13-34-17)31(30-19)16-10-5-2-6-11-16/h1-13H,14H2,(H3,24,25,26,27,29). The van der Waals surface area contributed by atoms with Crippen molar-refractivity contribution < 1.29 is 9.53 Å². The number of anilines is 3. The summed E-state index contributed by atoms with van der Waals surface area (Å²) in [6, 6.07) is 22.6. The molecule has 2 aromatic carbocycles. The highest BCUT2D eigenvalue weighted by molar-refractivity contribution is 7.13. The van der Waals surface area contributed by atoms with Crippen LogP contribution in [0, 0.1) is 0 Å². The Bertz CT molecular complexity index is 1410. The number of nitrogens with two attached hydrogens (primary N) is 1. The average Bonchev–Trinajstić information content (AvgIpc) is 3.54. The number of nitrogen functional groups attached to an aromatic ring is 1. The van der Waals surface area contributed by atoms with E-state index >= 15 is 0 Å². The summed E-state index contributed by atoms with van der Waals surface area (Å²) < 4.78 is 7.00. The van der Waals surface area contributed by atoms with Gasteiger partial charge in [0.15, 0.2) is 18.3 Å². The molecular weight excluding hydrogens is 452 g/mol. The number of nitrogens with one attached hydrogen (secondary N) is 1. The highest BCUT2D eigenvalue weighted by Crippen LogP contribution is 2.25. The summed E-state index contributed by atoms with van der Waals surface area (Å²) in [6.45, 7) is -0.219. The Hall–Kier alpha value is -4.64. The number of hydrogen-bond donors (Lipinski definition) is 2. The summed E-state index contributed by atoms with van der Waals surface area (Å²) in [4.78, 5) is 30.5. The molecule has 10 nitrogen and oxygen atoms in total. The Balaban J connectivity index is 1.35. The van der Waals surface area contributed by atoms with Crippen LogP contribution < -0.4 is 11.1 Å². The molecule has 0 unspecified atom stereocenters. The van der Waals surface area contributed by atoms with E-state index in [-0.39, 0.29) is 30.2 Å². The molecule has 0 aliphatic carbocycles. The van der Waals surface area contributed by atoms with Gasteiger partial charge in [0.05, 0.1) is 10.6 Å². The number of nitrogens with zero attached hydrogens (tertiary/aromatic N) is 6. The Morgan fingerprint density at radius 1 is 0.941 bits per heavy atom. The van der Waals surface area contributed by atoms with Gasteiger partial charge in [0.25, 0.3) is 5.82 Å². The minimum atomic E-state index is -0.705. The second-order valence-corrected chi connectivity index (χ2v) is 7.93. The Morgan fingerprint density at radius 3 is 2.44 bits per heavy atom. The molecule has 168 valence electrons. The van der Waals surface area contributed by atoms with Crippen molar-refractivity contribution in [3.63, 3.8) is 0 Å². The van der Waals surface area contributed by atoms with E-state index in [1.165, 1.54) is 11.3 Å². The smallest absolute Gasteiger partial charge is 0.378 e. The summed E-state index contributed by atoms with van der Waals surface area (Å²) >= 11 is 1.50. The number of benzene rings is 2. The van der Waals surface area contributed by atoms with Crippen LogP contribution in [0.2, 0.25) is 0 Å². The van der Waals surface area contributed by atoms with Gasteiger partial charge in [-0.25, -0.2) is 9.48 Å². The lowest BCUT2D eigenvalue weighted by molar-refractivity contribution is 0.0448. The monoisotopic (exact) mass is 470 g/mol. The lowest BCUT2D eigenvalue weighted by atomic mass is 10.3. The number of carbonyl (C=O) groups is 1. The second-order valence-electron chi connectivity index (χ2n) is 6.98. The van der Waals surface area contributed by atoms with Crippen LogP contribution in [0.25, 0.3) is 16.4 Å². The second kappa shape index (κ2) is 9.46. The van der Waals surface area contributed by atoms with Crippen molar-refractivity contribution in [2.75, 3.05) is 11.1 Å². The molecule has 0 saturated heterocycles. The van der Waals surface area contributed by atoms with Gasteiger partial charge < -0.3 is 15.8 Å². The molecule has 3 aromatic heterocycles. The van der Waals surface area contributed by atoms with Crippen molar-refractivity contribution in [1.82, 2.24) is 29.7 Å². The predicted molar refractivity (Wildman–Crippen MR) is 128 cm³/mol. The quantitative estimate of drug-likeness (QED) is 0.340. The fourth-order valence-electron chi connectivity index (χ4n) is 3.12. The zero-order chi connectivity index (χ0) is 23.3. The molecule has 5 aromatic rings. The van der Waals surface area contributed by atoms with Gasteiger partial charge in [-0.05, 0) is 35.7 Å². The van der Waals surface area contributed by atoms with E-state index in [1.807, 2.05) is 78.2 Å². The molecule has 11 heteroatoms. The minimum absolute atomic E-state index is 0.00550. The lowest BCUT2D eigenvalue weighted by Crippen LogP contribution is -2.12. The Labute approximate surface area is 198 Å². The number of para-hydroxylation sites is 2. The van der Waals surface area contributed by atoms with E-state index in [9.17, 15) is 4.79 Å². The molecule has 3 N–H and O–H groups in total. The van der Waals surface area contributed by atoms with Crippen LogP contribution in [0.1, 0.15) is 16.4 Å². The molecule has 0 atom stereocenters. The minimum Gasteiger partial charge on any atom is -0.452 e. The van der Waals surface area contributed by atoms with Gasteiger partial charge in [0.1, 0.15) is 0 Å². The predicted octanol–water partition coefficient (Wildman–Crippen LogP) is 3.86. The first kappa shape index (κ1) is 21.2. The van der Waals surface area contributed by atoms with Crippen LogP contribution in [-0.2, 0) is 11.3 Å². The summed E-state index contributed by atoms with van der Waals surface area (Å²) in [5.41, 5.74) is 7.36. The van der Waals surface area contributed by atoms with Gasteiger partial charge in [0.2, 0.25) is 11.9 Å². The molecule has 0 amide bonds. The van der Waals surface area contributed by atoms with Gasteiger partial charge in [0, 0.05) is 5.69 Å². The van der Waals surface area contributed by atoms with Gasteiger partial charge >= 0.3 is 5.97 Å².